The Hall–Kier alpha value is -3.21. The average molecular weight is 321 g/mol. The molecule has 0 saturated carbocycles. The summed E-state index contributed by atoms with van der Waals surface area (Å²) >= 11 is 0. The van der Waals surface area contributed by atoms with Crippen LogP contribution in [0, 0.1) is 5.82 Å². The zero-order valence-corrected chi connectivity index (χ0v) is 12.9. The minimum Gasteiger partial charge on any atom is -0.396 e. The van der Waals surface area contributed by atoms with Gasteiger partial charge in [-0.2, -0.15) is 0 Å². The third kappa shape index (κ3) is 3.57. The molecule has 0 aliphatic carbocycles. The number of nitrogens with two attached hydrogens (primary N) is 1. The van der Waals surface area contributed by atoms with Crippen LogP contribution >= 0.6 is 0 Å². The molecule has 0 bridgehead atoms. The average Bonchev–Trinajstić information content (AvgIpc) is 2.60. The van der Waals surface area contributed by atoms with E-state index in [2.05, 4.69) is 10.3 Å². The van der Waals surface area contributed by atoms with Gasteiger partial charge >= 0.3 is 0 Å². The number of anilines is 2. The van der Waals surface area contributed by atoms with Gasteiger partial charge in [-0.25, -0.2) is 4.39 Å². The van der Waals surface area contributed by atoms with E-state index in [-0.39, 0.29) is 11.3 Å². The minimum absolute atomic E-state index is 0.121. The van der Waals surface area contributed by atoms with E-state index in [1.165, 1.54) is 18.2 Å². The van der Waals surface area contributed by atoms with Crippen LogP contribution in [0.1, 0.15) is 21.5 Å². The lowest BCUT2D eigenvalue weighted by molar-refractivity contribution is 0.102. The Morgan fingerprint density at radius 1 is 1.00 bits per heavy atom. The van der Waals surface area contributed by atoms with Crippen molar-refractivity contribution in [1.82, 2.24) is 4.98 Å². The number of halogens is 1. The molecule has 3 aromatic rings. The number of pyridine rings is 1. The Morgan fingerprint density at radius 3 is 2.38 bits per heavy atom. The van der Waals surface area contributed by atoms with Crippen molar-refractivity contribution in [3.8, 4) is 0 Å². The summed E-state index contributed by atoms with van der Waals surface area (Å²) in [6.45, 7) is 0. The number of hydrogen-bond acceptors (Lipinski definition) is 3. The smallest absolute Gasteiger partial charge is 0.257 e. The lowest BCUT2D eigenvalue weighted by atomic mass is 10.1. The summed E-state index contributed by atoms with van der Waals surface area (Å²) in [5.74, 6) is -1.04. The van der Waals surface area contributed by atoms with Gasteiger partial charge in [0.2, 0.25) is 0 Å². The summed E-state index contributed by atoms with van der Waals surface area (Å²) in [4.78, 5) is 16.2. The molecule has 0 atom stereocenters. The number of benzene rings is 2. The van der Waals surface area contributed by atoms with E-state index >= 15 is 0 Å². The molecule has 120 valence electrons. The molecular weight excluding hydrogens is 305 g/mol. The number of carbonyl (C=O) groups is 1. The van der Waals surface area contributed by atoms with Crippen molar-refractivity contribution in [3.05, 3.63) is 89.5 Å². The summed E-state index contributed by atoms with van der Waals surface area (Å²) < 4.78 is 13.4. The van der Waals surface area contributed by atoms with Crippen LogP contribution in [0.2, 0.25) is 0 Å². The topological polar surface area (TPSA) is 68.0 Å². The van der Waals surface area contributed by atoms with Gasteiger partial charge in [-0.1, -0.05) is 18.2 Å². The van der Waals surface area contributed by atoms with E-state index in [0.717, 1.165) is 17.5 Å². The first-order valence-corrected chi connectivity index (χ1v) is 7.46. The largest absolute Gasteiger partial charge is 0.396 e. The first-order chi connectivity index (χ1) is 11.6. The maximum absolute atomic E-state index is 13.4. The van der Waals surface area contributed by atoms with Crippen molar-refractivity contribution in [3.63, 3.8) is 0 Å². The van der Waals surface area contributed by atoms with Crippen molar-refractivity contribution in [2.75, 3.05) is 11.1 Å². The standard InChI is InChI=1S/C19H16FN3O/c20-17-3-1-2-16(18(17)21)19(24)23-15-6-4-13(5-7-15)12-14-8-10-22-11-9-14/h1-11H,12,21H2,(H,23,24). The normalized spacial score (nSPS) is 10.4. The van der Waals surface area contributed by atoms with Crippen LogP contribution in [0.4, 0.5) is 15.8 Å². The summed E-state index contributed by atoms with van der Waals surface area (Å²) in [6.07, 6.45) is 4.30. The molecule has 0 spiro atoms. The van der Waals surface area contributed by atoms with Gasteiger partial charge in [0, 0.05) is 18.1 Å². The molecule has 1 heterocycles. The molecule has 0 fully saturated rings. The lowest BCUT2D eigenvalue weighted by Gasteiger charge is -2.09. The number of amides is 1. The van der Waals surface area contributed by atoms with Crippen LogP contribution in [0.3, 0.4) is 0 Å². The summed E-state index contributed by atoms with van der Waals surface area (Å²) in [6, 6.07) is 15.6. The molecule has 4 nitrogen and oxygen atoms in total. The highest BCUT2D eigenvalue weighted by atomic mass is 19.1. The van der Waals surface area contributed by atoms with Gasteiger partial charge in [-0.3, -0.25) is 9.78 Å². The van der Waals surface area contributed by atoms with Crippen LogP contribution in [0.15, 0.2) is 67.0 Å². The summed E-state index contributed by atoms with van der Waals surface area (Å²) in [5.41, 5.74) is 8.48. The minimum atomic E-state index is -0.602. The van der Waals surface area contributed by atoms with Gasteiger partial charge in [-0.05, 0) is 53.9 Å². The molecule has 0 aliphatic rings. The van der Waals surface area contributed by atoms with Crippen LogP contribution < -0.4 is 11.1 Å². The number of nitrogens with zero attached hydrogens (tertiary/aromatic N) is 1. The number of hydrogen-bond donors (Lipinski definition) is 2. The second kappa shape index (κ2) is 6.91. The third-order valence-electron chi connectivity index (χ3n) is 3.67. The highest BCUT2D eigenvalue weighted by molar-refractivity contribution is 6.07. The van der Waals surface area contributed by atoms with Crippen LogP contribution in [0.5, 0.6) is 0 Å². The molecule has 1 amide bonds. The summed E-state index contributed by atoms with van der Waals surface area (Å²) in [7, 11) is 0. The zero-order valence-electron chi connectivity index (χ0n) is 12.9. The van der Waals surface area contributed by atoms with Crippen molar-refractivity contribution in [2.24, 2.45) is 0 Å². The molecule has 0 unspecified atom stereocenters. The number of rotatable bonds is 4. The third-order valence-corrected chi connectivity index (χ3v) is 3.67. The molecule has 5 heteroatoms. The van der Waals surface area contributed by atoms with Gasteiger partial charge in [0.15, 0.2) is 0 Å². The van der Waals surface area contributed by atoms with Crippen molar-refractivity contribution in [1.29, 1.82) is 0 Å². The van der Waals surface area contributed by atoms with Gasteiger partial charge in [-0.15, -0.1) is 0 Å². The first kappa shape index (κ1) is 15.7. The predicted molar refractivity (Wildman–Crippen MR) is 92.3 cm³/mol. The van der Waals surface area contributed by atoms with Gasteiger partial charge < -0.3 is 11.1 Å². The van der Waals surface area contributed by atoms with Crippen molar-refractivity contribution in [2.45, 2.75) is 6.42 Å². The fourth-order valence-electron chi connectivity index (χ4n) is 2.38. The second-order valence-electron chi connectivity index (χ2n) is 5.38. The number of carbonyl (C=O) groups excluding carboxylic acids is 1. The fraction of sp³-hybridized carbons (Fsp3) is 0.0526. The molecule has 0 saturated heterocycles. The van der Waals surface area contributed by atoms with Crippen molar-refractivity contribution < 1.29 is 9.18 Å². The Kier molecular flexibility index (Phi) is 4.52. The maximum Gasteiger partial charge on any atom is 0.257 e. The number of nitrogens with one attached hydrogen (secondary N) is 1. The van der Waals surface area contributed by atoms with E-state index < -0.39 is 11.7 Å². The predicted octanol–water partition coefficient (Wildman–Crippen LogP) is 3.65. The second-order valence-corrected chi connectivity index (χ2v) is 5.38. The maximum atomic E-state index is 13.4. The SMILES string of the molecule is Nc1c(F)cccc1C(=O)Nc1ccc(Cc2ccncc2)cc1. The van der Waals surface area contributed by atoms with Crippen LogP contribution in [-0.2, 0) is 6.42 Å². The van der Waals surface area contributed by atoms with Crippen LogP contribution in [-0.4, -0.2) is 10.9 Å². The Labute approximate surface area is 139 Å². The summed E-state index contributed by atoms with van der Waals surface area (Å²) in [5, 5.41) is 2.72. The van der Waals surface area contributed by atoms with E-state index in [1.807, 2.05) is 36.4 Å². The lowest BCUT2D eigenvalue weighted by Crippen LogP contribution is -2.14. The van der Waals surface area contributed by atoms with Crippen molar-refractivity contribution >= 4 is 17.3 Å². The van der Waals surface area contributed by atoms with E-state index in [4.69, 9.17) is 5.73 Å². The molecule has 2 aromatic carbocycles. The van der Waals surface area contributed by atoms with Crippen LogP contribution in [0.25, 0.3) is 0 Å². The monoisotopic (exact) mass is 321 g/mol. The molecule has 1 aromatic heterocycles. The Morgan fingerprint density at radius 2 is 1.67 bits per heavy atom. The Bertz CT molecular complexity index is 848. The van der Waals surface area contributed by atoms with Gasteiger partial charge in [0.25, 0.3) is 5.91 Å². The molecule has 3 rings (SSSR count). The molecule has 0 radical (unpaired) electrons. The number of para-hydroxylation sites is 1. The van der Waals surface area contributed by atoms with E-state index in [9.17, 15) is 9.18 Å². The quantitative estimate of drug-likeness (QED) is 0.721. The van der Waals surface area contributed by atoms with E-state index in [1.54, 1.807) is 12.4 Å². The molecular formula is C19H16FN3O. The highest BCUT2D eigenvalue weighted by Crippen LogP contribution is 2.18. The fourth-order valence-corrected chi connectivity index (χ4v) is 2.38. The molecule has 3 N–H and O–H groups in total. The van der Waals surface area contributed by atoms with Gasteiger partial charge in [0.1, 0.15) is 5.82 Å². The molecule has 0 aliphatic heterocycles. The zero-order chi connectivity index (χ0) is 16.9. The van der Waals surface area contributed by atoms with E-state index in [0.29, 0.717) is 5.69 Å². The first-order valence-electron chi connectivity index (χ1n) is 7.46. The highest BCUT2D eigenvalue weighted by Gasteiger charge is 2.12. The molecule has 24 heavy (non-hydrogen) atoms. The van der Waals surface area contributed by atoms with Gasteiger partial charge in [0.05, 0.1) is 11.3 Å². The number of nitrogen functional groups attached to an aromatic ring is 1. The number of aromatic nitrogens is 1. The Balaban J connectivity index is 1.70.